The van der Waals surface area contributed by atoms with Gasteiger partial charge in [0.05, 0.1) is 32.0 Å². The second-order valence-electron chi connectivity index (χ2n) is 9.93. The maximum atomic E-state index is 14.2. The van der Waals surface area contributed by atoms with E-state index >= 15 is 0 Å². The zero-order chi connectivity index (χ0) is 30.2. The number of aliphatic hydroxyl groups excluding tert-OH is 2. The van der Waals surface area contributed by atoms with Gasteiger partial charge in [0.25, 0.3) is 6.43 Å². The fourth-order valence-corrected chi connectivity index (χ4v) is 6.32. The number of thiazole rings is 1. The van der Waals surface area contributed by atoms with Crippen molar-refractivity contribution in [1.29, 1.82) is 0 Å². The zero-order valence-electron chi connectivity index (χ0n) is 22.5. The fraction of sp³-hybridized carbons (Fsp3) is 0.370. The lowest BCUT2D eigenvalue weighted by Crippen LogP contribution is -2.53. The molecule has 1 saturated heterocycles. The number of alkyl halides is 2. The van der Waals surface area contributed by atoms with Crippen LogP contribution >= 0.6 is 27.3 Å². The van der Waals surface area contributed by atoms with Gasteiger partial charge in [0.1, 0.15) is 48.8 Å². The zero-order valence-corrected chi connectivity index (χ0v) is 24.9. The van der Waals surface area contributed by atoms with Gasteiger partial charge in [-0.15, -0.1) is 26.6 Å². The monoisotopic (exact) mass is 679 g/mol. The van der Waals surface area contributed by atoms with E-state index in [9.17, 15) is 23.4 Å². The van der Waals surface area contributed by atoms with Crippen LogP contribution in [0.4, 0.5) is 13.2 Å². The van der Waals surface area contributed by atoms with Gasteiger partial charge in [-0.3, -0.25) is 4.57 Å². The molecule has 1 aliphatic heterocycles. The number of hydrogen-bond donors (Lipinski definition) is 2. The van der Waals surface area contributed by atoms with Crippen molar-refractivity contribution in [3.63, 3.8) is 0 Å². The van der Waals surface area contributed by atoms with Crippen molar-refractivity contribution in [2.45, 2.75) is 50.2 Å². The Labute approximate surface area is 255 Å². The van der Waals surface area contributed by atoms with E-state index in [1.807, 2.05) is 25.1 Å². The number of aryl methyl sites for hydroxylation is 1. The van der Waals surface area contributed by atoms with Crippen LogP contribution in [0.3, 0.4) is 0 Å². The number of ether oxygens (including phenoxy) is 2. The van der Waals surface area contributed by atoms with Crippen LogP contribution in [-0.4, -0.2) is 82.9 Å². The van der Waals surface area contributed by atoms with Gasteiger partial charge in [0.15, 0.2) is 5.82 Å². The van der Waals surface area contributed by atoms with Gasteiger partial charge in [-0.25, -0.2) is 22.8 Å². The molecule has 0 radical (unpaired) electrons. The van der Waals surface area contributed by atoms with E-state index in [2.05, 4.69) is 41.4 Å². The third-order valence-corrected chi connectivity index (χ3v) is 8.71. The highest BCUT2D eigenvalue weighted by Gasteiger charge is 2.50. The smallest absolute Gasteiger partial charge is 0.261 e. The fourth-order valence-electron chi connectivity index (χ4n) is 5.22. The van der Waals surface area contributed by atoms with E-state index in [1.54, 1.807) is 10.6 Å². The Morgan fingerprint density at radius 2 is 2.02 bits per heavy atom. The molecule has 5 aromatic rings. The van der Waals surface area contributed by atoms with Gasteiger partial charge in [0, 0.05) is 17.9 Å². The quantitative estimate of drug-likeness (QED) is 0.232. The summed E-state index contributed by atoms with van der Waals surface area (Å²) < 4.78 is 57.3. The first-order valence-electron chi connectivity index (χ1n) is 13.2. The summed E-state index contributed by atoms with van der Waals surface area (Å²) in [6.45, 7) is 0.627. The lowest BCUT2D eigenvalue weighted by atomic mass is 9.90. The van der Waals surface area contributed by atoms with Crippen molar-refractivity contribution < 1.29 is 32.9 Å². The van der Waals surface area contributed by atoms with Crippen molar-refractivity contribution in [3.05, 3.63) is 70.0 Å². The third kappa shape index (κ3) is 5.94. The molecule has 3 aromatic heterocycles. The standard InChI is InChI=1S/C27H25BrF3N7O4S/c1-13-33-18-5-3-15(9-21(18)43-13)37-12-32-35-27(37)26-25(41-11-22(30)31)23(24(40)20(42-26)6-7-39)38-10-19(34-36-38)14-2-4-16(28)17(29)8-14/h2-5,8-10,12,20,22-26,39-40H,6-7,11H2,1H3/t20-,23+,24+,25-,26-/m1/s1. The van der Waals surface area contributed by atoms with Crippen LogP contribution in [0.5, 0.6) is 0 Å². The molecule has 0 aliphatic carbocycles. The molecule has 0 unspecified atom stereocenters. The van der Waals surface area contributed by atoms with Gasteiger partial charge < -0.3 is 19.7 Å². The van der Waals surface area contributed by atoms with E-state index in [0.717, 1.165) is 15.2 Å². The third-order valence-electron chi connectivity index (χ3n) is 7.13. The molecule has 2 N–H and O–H groups in total. The molecule has 2 aromatic carbocycles. The summed E-state index contributed by atoms with van der Waals surface area (Å²) in [7, 11) is 0. The molecular formula is C27H25BrF3N7O4S. The van der Waals surface area contributed by atoms with Crippen LogP contribution in [0.25, 0.3) is 27.2 Å². The lowest BCUT2D eigenvalue weighted by molar-refractivity contribution is -0.225. The highest BCUT2D eigenvalue weighted by atomic mass is 79.9. The summed E-state index contributed by atoms with van der Waals surface area (Å²) in [4.78, 5) is 4.49. The second-order valence-corrected chi connectivity index (χ2v) is 12.0. The van der Waals surface area contributed by atoms with E-state index in [0.29, 0.717) is 11.3 Å². The van der Waals surface area contributed by atoms with Crippen LogP contribution in [-0.2, 0) is 9.47 Å². The summed E-state index contributed by atoms with van der Waals surface area (Å²) in [5.74, 6) is -0.277. The summed E-state index contributed by atoms with van der Waals surface area (Å²) in [5, 5.41) is 38.7. The first kappa shape index (κ1) is 29.8. The van der Waals surface area contributed by atoms with Crippen LogP contribution in [0.1, 0.15) is 29.4 Å². The highest BCUT2D eigenvalue weighted by molar-refractivity contribution is 9.10. The first-order valence-corrected chi connectivity index (χ1v) is 14.8. The first-order chi connectivity index (χ1) is 20.7. The summed E-state index contributed by atoms with van der Waals surface area (Å²) >= 11 is 4.63. The van der Waals surface area contributed by atoms with Crippen molar-refractivity contribution in [2.24, 2.45) is 0 Å². The molecule has 11 nitrogen and oxygen atoms in total. The van der Waals surface area contributed by atoms with Crippen molar-refractivity contribution in [1.82, 2.24) is 34.7 Å². The Morgan fingerprint density at radius 1 is 1.19 bits per heavy atom. The summed E-state index contributed by atoms with van der Waals surface area (Å²) in [6.07, 6.45) is -4.53. The molecule has 226 valence electrons. The number of nitrogens with zero attached hydrogens (tertiary/aromatic N) is 7. The maximum Gasteiger partial charge on any atom is 0.261 e. The highest BCUT2D eigenvalue weighted by Crippen LogP contribution is 2.41. The number of aromatic nitrogens is 7. The SMILES string of the molecule is Cc1nc2ccc(-n3cnnc3[C@@H]3O[C@H](CCO)[C@H](O)[C@H](n4cc(-c5ccc(Br)c(F)c5)nn4)[C@H]3OCC(F)F)cc2s1. The van der Waals surface area contributed by atoms with Crippen LogP contribution in [0, 0.1) is 12.7 Å². The predicted octanol–water partition coefficient (Wildman–Crippen LogP) is 4.42. The van der Waals surface area contributed by atoms with Gasteiger partial charge in [-0.2, -0.15) is 0 Å². The Bertz CT molecular complexity index is 1730. The summed E-state index contributed by atoms with van der Waals surface area (Å²) in [5.41, 5.74) is 2.19. The van der Waals surface area contributed by atoms with Crippen LogP contribution in [0.15, 0.2) is 53.4 Å². The molecule has 1 aliphatic rings. The maximum absolute atomic E-state index is 14.2. The number of fused-ring (bicyclic) bond motifs is 1. The molecule has 6 rings (SSSR count). The minimum Gasteiger partial charge on any atom is -0.396 e. The topological polar surface area (TPSA) is 133 Å². The molecule has 16 heteroatoms. The molecule has 0 spiro atoms. The molecule has 1 fully saturated rings. The number of aliphatic hydroxyl groups is 2. The molecule has 43 heavy (non-hydrogen) atoms. The minimum atomic E-state index is -2.82. The Morgan fingerprint density at radius 3 is 2.79 bits per heavy atom. The van der Waals surface area contributed by atoms with Crippen LogP contribution in [0.2, 0.25) is 0 Å². The van der Waals surface area contributed by atoms with Crippen LogP contribution < -0.4 is 0 Å². The van der Waals surface area contributed by atoms with Crippen molar-refractivity contribution in [2.75, 3.05) is 13.2 Å². The van der Waals surface area contributed by atoms with E-state index in [-0.39, 0.29) is 29.0 Å². The molecule has 0 saturated carbocycles. The molecule has 0 bridgehead atoms. The van der Waals surface area contributed by atoms with E-state index in [4.69, 9.17) is 9.47 Å². The second kappa shape index (κ2) is 12.4. The Balaban J connectivity index is 1.42. The molecule has 0 amide bonds. The number of halogens is 4. The predicted molar refractivity (Wildman–Crippen MR) is 152 cm³/mol. The van der Waals surface area contributed by atoms with E-state index < -0.39 is 49.3 Å². The number of rotatable bonds is 9. The van der Waals surface area contributed by atoms with E-state index in [1.165, 1.54) is 40.7 Å². The lowest BCUT2D eigenvalue weighted by Gasteiger charge is -2.44. The molecule has 5 atom stereocenters. The van der Waals surface area contributed by atoms with Gasteiger partial charge >= 0.3 is 0 Å². The number of hydrogen-bond acceptors (Lipinski definition) is 10. The largest absolute Gasteiger partial charge is 0.396 e. The minimum absolute atomic E-state index is 0.0233. The van der Waals surface area contributed by atoms with Gasteiger partial charge in [0.2, 0.25) is 0 Å². The molecular weight excluding hydrogens is 655 g/mol. The normalized spacial score (nSPS) is 22.6. The van der Waals surface area contributed by atoms with Crippen molar-refractivity contribution in [3.8, 4) is 16.9 Å². The number of benzene rings is 2. The Hall–Kier alpha value is -3.28. The molecule has 4 heterocycles. The Kier molecular flexibility index (Phi) is 8.57. The average molecular weight is 681 g/mol. The average Bonchev–Trinajstić information content (AvgIpc) is 3.73. The van der Waals surface area contributed by atoms with Gasteiger partial charge in [-0.05, 0) is 59.6 Å². The van der Waals surface area contributed by atoms with Gasteiger partial charge in [-0.1, -0.05) is 11.3 Å². The summed E-state index contributed by atoms with van der Waals surface area (Å²) in [6, 6.07) is 8.90. The van der Waals surface area contributed by atoms with Crippen molar-refractivity contribution >= 4 is 37.5 Å².